The van der Waals surface area contributed by atoms with E-state index in [1.54, 1.807) is 12.1 Å². The molecule has 1 rings (SSSR count). The van der Waals surface area contributed by atoms with Gasteiger partial charge in [-0.15, -0.1) is 0 Å². The van der Waals surface area contributed by atoms with Crippen LogP contribution in [0, 0.1) is 0 Å². The first-order valence-corrected chi connectivity index (χ1v) is 5.22. The second kappa shape index (κ2) is 5.14. The number of benzene rings is 1. The van der Waals surface area contributed by atoms with Gasteiger partial charge in [0.25, 0.3) is 0 Å². The standard InChI is InChI=1S/C12H15FO4/c1-3-17-9-6-4-8(5-7-9)12(2,16)10(13)11(14)15/h4-7,10,16H,3H2,1-2H3,(H,14,15). The highest BCUT2D eigenvalue weighted by atomic mass is 19.1. The highest BCUT2D eigenvalue weighted by molar-refractivity contribution is 5.74. The van der Waals surface area contributed by atoms with Gasteiger partial charge in [0.15, 0.2) is 0 Å². The lowest BCUT2D eigenvalue weighted by Gasteiger charge is -2.25. The molecular weight excluding hydrogens is 227 g/mol. The van der Waals surface area contributed by atoms with Crippen LogP contribution in [-0.2, 0) is 10.4 Å². The van der Waals surface area contributed by atoms with Gasteiger partial charge in [0.2, 0.25) is 6.17 Å². The molecule has 0 heterocycles. The van der Waals surface area contributed by atoms with E-state index in [1.807, 2.05) is 6.92 Å². The first-order valence-electron chi connectivity index (χ1n) is 5.22. The molecule has 1 aromatic rings. The minimum Gasteiger partial charge on any atom is -0.494 e. The molecule has 4 nitrogen and oxygen atoms in total. The smallest absolute Gasteiger partial charge is 0.341 e. The van der Waals surface area contributed by atoms with Crippen LogP contribution < -0.4 is 4.74 Å². The average molecular weight is 242 g/mol. The fourth-order valence-corrected chi connectivity index (χ4v) is 1.44. The lowest BCUT2D eigenvalue weighted by atomic mass is 9.91. The molecular formula is C12H15FO4. The zero-order valence-corrected chi connectivity index (χ0v) is 9.68. The van der Waals surface area contributed by atoms with Gasteiger partial charge in [-0.05, 0) is 31.5 Å². The second-order valence-electron chi connectivity index (χ2n) is 3.81. The average Bonchev–Trinajstić information content (AvgIpc) is 2.29. The van der Waals surface area contributed by atoms with Crippen LogP contribution >= 0.6 is 0 Å². The minimum absolute atomic E-state index is 0.191. The summed E-state index contributed by atoms with van der Waals surface area (Å²) >= 11 is 0. The summed E-state index contributed by atoms with van der Waals surface area (Å²) in [6.07, 6.45) is -2.37. The summed E-state index contributed by atoms with van der Waals surface area (Å²) in [5, 5.41) is 18.4. The van der Waals surface area contributed by atoms with Crippen molar-refractivity contribution in [1.82, 2.24) is 0 Å². The first-order chi connectivity index (χ1) is 7.89. The van der Waals surface area contributed by atoms with E-state index in [-0.39, 0.29) is 5.56 Å². The van der Waals surface area contributed by atoms with Gasteiger partial charge in [-0.3, -0.25) is 0 Å². The summed E-state index contributed by atoms with van der Waals surface area (Å²) < 4.78 is 18.5. The number of carboxylic acids is 1. The van der Waals surface area contributed by atoms with E-state index in [0.717, 1.165) is 6.92 Å². The van der Waals surface area contributed by atoms with E-state index in [9.17, 15) is 14.3 Å². The van der Waals surface area contributed by atoms with Crippen molar-refractivity contribution in [3.05, 3.63) is 29.8 Å². The SMILES string of the molecule is CCOc1ccc(C(C)(O)C(F)C(=O)O)cc1. The van der Waals surface area contributed by atoms with Gasteiger partial charge in [0.1, 0.15) is 11.4 Å². The number of carboxylic acid groups (broad SMARTS) is 1. The Labute approximate surface area is 98.7 Å². The minimum atomic E-state index is -2.37. The Balaban J connectivity index is 2.95. The van der Waals surface area contributed by atoms with E-state index >= 15 is 0 Å². The molecule has 1 aromatic carbocycles. The van der Waals surface area contributed by atoms with E-state index in [4.69, 9.17) is 9.84 Å². The third kappa shape index (κ3) is 2.94. The number of hydrogen-bond donors (Lipinski definition) is 2. The predicted molar refractivity (Wildman–Crippen MR) is 59.7 cm³/mol. The molecule has 0 aliphatic carbocycles. The molecule has 0 fully saturated rings. The number of hydrogen-bond acceptors (Lipinski definition) is 3. The lowest BCUT2D eigenvalue weighted by Crippen LogP contribution is -2.39. The fourth-order valence-electron chi connectivity index (χ4n) is 1.44. The third-order valence-corrected chi connectivity index (χ3v) is 2.46. The molecule has 0 amide bonds. The van der Waals surface area contributed by atoms with Crippen LogP contribution in [0.2, 0.25) is 0 Å². The van der Waals surface area contributed by atoms with Crippen molar-refractivity contribution in [1.29, 1.82) is 0 Å². The normalized spacial score (nSPS) is 16.0. The predicted octanol–water partition coefficient (Wildman–Crippen LogP) is 1.72. The molecule has 5 heteroatoms. The number of aliphatic carboxylic acids is 1. The number of carbonyl (C=O) groups is 1. The van der Waals surface area contributed by atoms with E-state index in [0.29, 0.717) is 12.4 Å². The molecule has 17 heavy (non-hydrogen) atoms. The van der Waals surface area contributed by atoms with Gasteiger partial charge in [-0.25, -0.2) is 9.18 Å². The zero-order chi connectivity index (χ0) is 13.1. The zero-order valence-electron chi connectivity index (χ0n) is 9.68. The van der Waals surface area contributed by atoms with Crippen molar-refractivity contribution in [3.8, 4) is 5.75 Å². The summed E-state index contributed by atoms with van der Waals surface area (Å²) in [6, 6.07) is 6.00. The topological polar surface area (TPSA) is 66.8 Å². The highest BCUT2D eigenvalue weighted by Gasteiger charge is 2.39. The van der Waals surface area contributed by atoms with Crippen molar-refractivity contribution in [2.24, 2.45) is 0 Å². The van der Waals surface area contributed by atoms with Crippen molar-refractivity contribution in [2.45, 2.75) is 25.6 Å². The van der Waals surface area contributed by atoms with Gasteiger partial charge in [-0.2, -0.15) is 0 Å². The van der Waals surface area contributed by atoms with Gasteiger partial charge in [0, 0.05) is 0 Å². The first kappa shape index (κ1) is 13.4. The van der Waals surface area contributed by atoms with Crippen LogP contribution in [0.25, 0.3) is 0 Å². The monoisotopic (exact) mass is 242 g/mol. The quantitative estimate of drug-likeness (QED) is 0.825. The number of ether oxygens (including phenoxy) is 1. The molecule has 0 aliphatic heterocycles. The molecule has 2 N–H and O–H groups in total. The fraction of sp³-hybridized carbons (Fsp3) is 0.417. The Morgan fingerprint density at radius 1 is 1.47 bits per heavy atom. The summed E-state index contributed by atoms with van der Waals surface area (Å²) in [5.74, 6) is -1.11. The van der Waals surface area contributed by atoms with Crippen molar-refractivity contribution in [2.75, 3.05) is 6.61 Å². The van der Waals surface area contributed by atoms with E-state index < -0.39 is 17.7 Å². The lowest BCUT2D eigenvalue weighted by molar-refractivity contribution is -0.153. The van der Waals surface area contributed by atoms with E-state index in [1.165, 1.54) is 12.1 Å². The van der Waals surface area contributed by atoms with Crippen molar-refractivity contribution >= 4 is 5.97 Å². The van der Waals surface area contributed by atoms with E-state index in [2.05, 4.69) is 0 Å². The summed E-state index contributed by atoms with van der Waals surface area (Å²) in [5.41, 5.74) is -1.87. The molecule has 2 atom stereocenters. The van der Waals surface area contributed by atoms with Crippen LogP contribution in [0.1, 0.15) is 19.4 Å². The number of rotatable bonds is 5. The summed E-state index contributed by atoms with van der Waals surface area (Å²) in [7, 11) is 0. The third-order valence-electron chi connectivity index (χ3n) is 2.46. The van der Waals surface area contributed by atoms with Crippen LogP contribution in [-0.4, -0.2) is 29.0 Å². The molecule has 0 radical (unpaired) electrons. The van der Waals surface area contributed by atoms with Gasteiger partial charge in [0.05, 0.1) is 6.61 Å². The van der Waals surface area contributed by atoms with Crippen LogP contribution in [0.5, 0.6) is 5.75 Å². The molecule has 94 valence electrons. The molecule has 0 spiro atoms. The Hall–Kier alpha value is -1.62. The highest BCUT2D eigenvalue weighted by Crippen LogP contribution is 2.28. The molecule has 2 unspecified atom stereocenters. The Morgan fingerprint density at radius 3 is 2.41 bits per heavy atom. The number of alkyl halides is 1. The van der Waals surface area contributed by atoms with Crippen LogP contribution in [0.4, 0.5) is 4.39 Å². The largest absolute Gasteiger partial charge is 0.494 e. The second-order valence-corrected chi connectivity index (χ2v) is 3.81. The maximum atomic E-state index is 13.4. The molecule has 0 aromatic heterocycles. The Morgan fingerprint density at radius 2 is 2.00 bits per heavy atom. The van der Waals surface area contributed by atoms with Crippen LogP contribution in [0.3, 0.4) is 0 Å². The van der Waals surface area contributed by atoms with Crippen LogP contribution in [0.15, 0.2) is 24.3 Å². The van der Waals surface area contributed by atoms with Crippen molar-refractivity contribution < 1.29 is 24.1 Å². The maximum absolute atomic E-state index is 13.4. The number of aliphatic hydroxyl groups is 1. The molecule has 0 aliphatic rings. The molecule has 0 saturated heterocycles. The maximum Gasteiger partial charge on any atom is 0.341 e. The molecule has 0 bridgehead atoms. The van der Waals surface area contributed by atoms with Gasteiger partial charge >= 0.3 is 5.97 Å². The van der Waals surface area contributed by atoms with Gasteiger partial charge in [-0.1, -0.05) is 12.1 Å². The summed E-state index contributed by atoms with van der Waals surface area (Å²) in [6.45, 7) is 3.45. The Kier molecular flexibility index (Phi) is 4.07. The van der Waals surface area contributed by atoms with Crippen molar-refractivity contribution in [3.63, 3.8) is 0 Å². The number of halogens is 1. The summed E-state index contributed by atoms with van der Waals surface area (Å²) in [4.78, 5) is 10.5. The van der Waals surface area contributed by atoms with Gasteiger partial charge < -0.3 is 14.9 Å². The Bertz CT molecular complexity index is 386. The molecule has 0 saturated carbocycles.